The molecule has 1 aromatic carbocycles. The number of phenolic OH excluding ortho intramolecular Hbond substituents is 1. The minimum Gasteiger partial charge on any atom is -0.508 e. The molecule has 0 radical (unpaired) electrons. The molecule has 5 heteroatoms. The van der Waals surface area contributed by atoms with Crippen LogP contribution in [0.2, 0.25) is 0 Å². The lowest BCUT2D eigenvalue weighted by Gasteiger charge is -2.26. The number of hydrogen-bond acceptors (Lipinski definition) is 3. The second kappa shape index (κ2) is 7.68. The van der Waals surface area contributed by atoms with Crippen molar-refractivity contribution in [1.29, 1.82) is 0 Å². The number of hydrogen-bond donors (Lipinski definition) is 2. The summed E-state index contributed by atoms with van der Waals surface area (Å²) in [6, 6.07) is 4.80. The third kappa shape index (κ3) is 4.97. The van der Waals surface area contributed by atoms with Crippen LogP contribution in [0.25, 0.3) is 0 Å². The summed E-state index contributed by atoms with van der Waals surface area (Å²) in [6.45, 7) is 2.81. The molecule has 1 aliphatic rings. The maximum Gasteiger partial charge on any atom is 0.127 e. The Hall–Kier alpha value is -0.840. The highest BCUT2D eigenvalue weighted by molar-refractivity contribution is 5.85. The van der Waals surface area contributed by atoms with Crippen molar-refractivity contribution in [1.82, 2.24) is 10.2 Å². The van der Waals surface area contributed by atoms with Crippen molar-refractivity contribution in [2.45, 2.75) is 31.8 Å². The Labute approximate surface area is 120 Å². The van der Waals surface area contributed by atoms with Gasteiger partial charge in [-0.1, -0.05) is 0 Å². The van der Waals surface area contributed by atoms with E-state index in [1.165, 1.54) is 18.9 Å². The summed E-state index contributed by atoms with van der Waals surface area (Å²) < 4.78 is 13.2. The fourth-order valence-corrected chi connectivity index (χ4v) is 2.58. The van der Waals surface area contributed by atoms with Crippen LogP contribution in [-0.4, -0.2) is 36.2 Å². The minimum atomic E-state index is -0.374. The van der Waals surface area contributed by atoms with Crippen LogP contribution < -0.4 is 5.32 Å². The van der Waals surface area contributed by atoms with Gasteiger partial charge in [-0.15, -0.1) is 12.4 Å². The molecule has 19 heavy (non-hydrogen) atoms. The lowest BCUT2D eigenvalue weighted by atomic mass is 10.1. The third-order valence-electron chi connectivity index (χ3n) is 3.54. The first-order valence-corrected chi connectivity index (χ1v) is 6.54. The molecule has 1 fully saturated rings. The number of benzene rings is 1. The van der Waals surface area contributed by atoms with Crippen molar-refractivity contribution in [2.75, 3.05) is 20.1 Å². The Morgan fingerprint density at radius 2 is 2.11 bits per heavy atom. The van der Waals surface area contributed by atoms with Gasteiger partial charge in [0.25, 0.3) is 0 Å². The van der Waals surface area contributed by atoms with E-state index in [0.29, 0.717) is 12.6 Å². The molecular formula is C14H22ClFN2O. The Morgan fingerprint density at radius 3 is 2.84 bits per heavy atom. The SMILES string of the molecule is CN(Cc1cc(O)cc(F)c1)C1CCCNCC1.Cl. The lowest BCUT2D eigenvalue weighted by Crippen LogP contribution is -2.32. The van der Waals surface area contributed by atoms with Crippen LogP contribution in [0, 0.1) is 5.82 Å². The fourth-order valence-electron chi connectivity index (χ4n) is 2.58. The predicted molar refractivity (Wildman–Crippen MR) is 77.3 cm³/mol. The first-order chi connectivity index (χ1) is 8.65. The Morgan fingerprint density at radius 1 is 1.32 bits per heavy atom. The number of aromatic hydroxyl groups is 1. The van der Waals surface area contributed by atoms with Gasteiger partial charge in [0, 0.05) is 18.7 Å². The first-order valence-electron chi connectivity index (χ1n) is 6.54. The number of nitrogens with one attached hydrogen (secondary N) is 1. The molecule has 1 unspecified atom stereocenters. The van der Waals surface area contributed by atoms with Crippen molar-refractivity contribution < 1.29 is 9.50 Å². The van der Waals surface area contributed by atoms with Gasteiger partial charge >= 0.3 is 0 Å². The molecule has 3 nitrogen and oxygen atoms in total. The highest BCUT2D eigenvalue weighted by Gasteiger charge is 2.17. The van der Waals surface area contributed by atoms with E-state index in [4.69, 9.17) is 0 Å². The van der Waals surface area contributed by atoms with Crippen LogP contribution in [0.1, 0.15) is 24.8 Å². The van der Waals surface area contributed by atoms with Gasteiger partial charge in [-0.3, -0.25) is 4.90 Å². The van der Waals surface area contributed by atoms with Gasteiger partial charge in [0.15, 0.2) is 0 Å². The van der Waals surface area contributed by atoms with E-state index in [2.05, 4.69) is 17.3 Å². The number of nitrogens with zero attached hydrogens (tertiary/aromatic N) is 1. The molecule has 1 aliphatic heterocycles. The molecule has 2 N–H and O–H groups in total. The van der Waals surface area contributed by atoms with E-state index in [0.717, 1.165) is 31.1 Å². The molecule has 1 heterocycles. The molecule has 0 saturated carbocycles. The van der Waals surface area contributed by atoms with Crippen molar-refractivity contribution in [3.8, 4) is 5.75 Å². The monoisotopic (exact) mass is 288 g/mol. The van der Waals surface area contributed by atoms with Crippen LogP contribution >= 0.6 is 12.4 Å². The van der Waals surface area contributed by atoms with Crippen molar-refractivity contribution in [3.05, 3.63) is 29.6 Å². The molecule has 0 aromatic heterocycles. The smallest absolute Gasteiger partial charge is 0.127 e. The second-order valence-corrected chi connectivity index (χ2v) is 5.07. The van der Waals surface area contributed by atoms with Gasteiger partial charge in [-0.2, -0.15) is 0 Å². The Bertz CT molecular complexity index is 375. The van der Waals surface area contributed by atoms with Crippen molar-refractivity contribution >= 4 is 12.4 Å². The van der Waals surface area contributed by atoms with E-state index in [-0.39, 0.29) is 24.0 Å². The van der Waals surface area contributed by atoms with Crippen molar-refractivity contribution in [2.24, 2.45) is 0 Å². The van der Waals surface area contributed by atoms with E-state index >= 15 is 0 Å². The van der Waals surface area contributed by atoms with Gasteiger partial charge in [-0.25, -0.2) is 4.39 Å². The Balaban J connectivity index is 0.00000180. The summed E-state index contributed by atoms with van der Waals surface area (Å²) in [5.74, 6) is -0.373. The lowest BCUT2D eigenvalue weighted by molar-refractivity contribution is 0.216. The molecule has 1 aromatic rings. The van der Waals surface area contributed by atoms with Gasteiger partial charge in [-0.05, 0) is 57.1 Å². The normalized spacial score (nSPS) is 19.8. The zero-order chi connectivity index (χ0) is 13.0. The molecule has 0 bridgehead atoms. The van der Waals surface area contributed by atoms with Gasteiger partial charge in [0.1, 0.15) is 11.6 Å². The summed E-state index contributed by atoms with van der Waals surface area (Å²) in [4.78, 5) is 2.25. The summed E-state index contributed by atoms with van der Waals surface area (Å²) in [7, 11) is 2.07. The second-order valence-electron chi connectivity index (χ2n) is 5.07. The van der Waals surface area contributed by atoms with Crippen LogP contribution in [0.15, 0.2) is 18.2 Å². The highest BCUT2D eigenvalue weighted by Crippen LogP contribution is 2.19. The van der Waals surface area contributed by atoms with Crippen LogP contribution in [0.5, 0.6) is 5.75 Å². The summed E-state index contributed by atoms with van der Waals surface area (Å²) >= 11 is 0. The maximum atomic E-state index is 13.2. The van der Waals surface area contributed by atoms with E-state index < -0.39 is 0 Å². The van der Waals surface area contributed by atoms with Crippen LogP contribution in [0.4, 0.5) is 4.39 Å². The molecule has 0 spiro atoms. The average Bonchev–Trinajstić information content (AvgIpc) is 2.55. The first kappa shape index (κ1) is 16.2. The van der Waals surface area contributed by atoms with Gasteiger partial charge in [0.2, 0.25) is 0 Å². The average molecular weight is 289 g/mol. The van der Waals surface area contributed by atoms with E-state index in [1.54, 1.807) is 6.07 Å². The van der Waals surface area contributed by atoms with Crippen molar-refractivity contribution in [3.63, 3.8) is 0 Å². The Kier molecular flexibility index (Phi) is 6.55. The van der Waals surface area contributed by atoms with Crippen LogP contribution in [-0.2, 0) is 6.54 Å². The molecule has 108 valence electrons. The van der Waals surface area contributed by atoms with Crippen LogP contribution in [0.3, 0.4) is 0 Å². The zero-order valence-electron chi connectivity index (χ0n) is 11.2. The molecule has 1 atom stereocenters. The quantitative estimate of drug-likeness (QED) is 0.897. The fraction of sp³-hybridized carbons (Fsp3) is 0.571. The van der Waals surface area contributed by atoms with E-state index in [9.17, 15) is 9.50 Å². The molecule has 0 amide bonds. The standard InChI is InChI=1S/C14H21FN2O.ClH/c1-17(13-3-2-5-16-6-4-13)10-11-7-12(15)9-14(18)8-11;/h7-9,13,16,18H,2-6,10H2,1H3;1H. The molecular weight excluding hydrogens is 267 g/mol. The van der Waals surface area contributed by atoms with Gasteiger partial charge in [0.05, 0.1) is 0 Å². The minimum absolute atomic E-state index is 0. The summed E-state index contributed by atoms with van der Waals surface area (Å²) in [5.41, 5.74) is 0.826. The molecule has 2 rings (SSSR count). The largest absolute Gasteiger partial charge is 0.508 e. The number of halogens is 2. The molecule has 1 saturated heterocycles. The number of rotatable bonds is 3. The summed E-state index contributed by atoms with van der Waals surface area (Å²) in [6.07, 6.45) is 3.48. The predicted octanol–water partition coefficient (Wildman–Crippen LogP) is 2.53. The molecule has 0 aliphatic carbocycles. The number of phenols is 1. The van der Waals surface area contributed by atoms with Gasteiger partial charge < -0.3 is 10.4 Å². The third-order valence-corrected chi connectivity index (χ3v) is 3.54. The summed E-state index contributed by atoms with van der Waals surface area (Å²) in [5, 5.41) is 12.8. The topological polar surface area (TPSA) is 35.5 Å². The zero-order valence-corrected chi connectivity index (χ0v) is 12.0. The van der Waals surface area contributed by atoms with E-state index in [1.807, 2.05) is 0 Å². The highest BCUT2D eigenvalue weighted by atomic mass is 35.5. The maximum absolute atomic E-state index is 13.2.